The molecular formula is C13H17F3N2O2S. The Kier molecular flexibility index (Phi) is 5.49. The number of thioether (sulfide) groups is 1. The van der Waals surface area contributed by atoms with Crippen LogP contribution < -0.4 is 5.32 Å². The van der Waals surface area contributed by atoms with E-state index in [-0.39, 0.29) is 5.37 Å². The van der Waals surface area contributed by atoms with E-state index in [1.54, 1.807) is 27.7 Å². The van der Waals surface area contributed by atoms with Crippen molar-refractivity contribution in [1.29, 1.82) is 0 Å². The Hall–Kier alpha value is -1.44. The average Bonchev–Trinajstić information content (AvgIpc) is 2.25. The van der Waals surface area contributed by atoms with Crippen LogP contribution in [0.1, 0.15) is 33.3 Å². The summed E-state index contributed by atoms with van der Waals surface area (Å²) in [5.74, 6) is 0. The number of ether oxygens (including phenoxy) is 1. The molecule has 8 heteroatoms. The molecule has 0 saturated carbocycles. The number of nitrogens with zero attached hydrogens (tertiary/aromatic N) is 1. The van der Waals surface area contributed by atoms with Gasteiger partial charge in [-0.15, -0.1) is 0 Å². The molecule has 0 aliphatic rings. The standard InChI is InChI=1S/C13H17F3N2O2S/c1-8(18-11(19)20-12(2,3)4)21-10-6-5-9(7-17-10)13(14,15)16/h5-8H,1-4H3,(H,18,19). The maximum Gasteiger partial charge on any atom is 0.417 e. The zero-order valence-electron chi connectivity index (χ0n) is 12.1. The first-order chi connectivity index (χ1) is 9.47. The molecular weight excluding hydrogens is 305 g/mol. The van der Waals surface area contributed by atoms with Gasteiger partial charge in [-0.1, -0.05) is 11.8 Å². The molecule has 0 fully saturated rings. The summed E-state index contributed by atoms with van der Waals surface area (Å²) < 4.78 is 42.3. The third-order valence-corrected chi connectivity index (χ3v) is 3.04. The largest absolute Gasteiger partial charge is 0.444 e. The zero-order chi connectivity index (χ0) is 16.3. The van der Waals surface area contributed by atoms with E-state index in [1.165, 1.54) is 6.07 Å². The van der Waals surface area contributed by atoms with Crippen molar-refractivity contribution in [3.05, 3.63) is 23.9 Å². The summed E-state index contributed by atoms with van der Waals surface area (Å²) in [6.07, 6.45) is -4.23. The number of aromatic nitrogens is 1. The molecule has 0 aromatic carbocycles. The summed E-state index contributed by atoms with van der Waals surface area (Å²) in [6, 6.07) is 2.22. The predicted octanol–water partition coefficient (Wildman–Crippen LogP) is 4.06. The van der Waals surface area contributed by atoms with Crippen LogP contribution in [0.5, 0.6) is 0 Å². The average molecular weight is 322 g/mol. The van der Waals surface area contributed by atoms with E-state index in [1.807, 2.05) is 0 Å². The Morgan fingerprint density at radius 3 is 2.38 bits per heavy atom. The lowest BCUT2D eigenvalue weighted by atomic mass is 10.2. The number of hydrogen-bond acceptors (Lipinski definition) is 4. The topological polar surface area (TPSA) is 51.2 Å². The summed E-state index contributed by atoms with van der Waals surface area (Å²) in [5.41, 5.74) is -1.42. The Bertz CT molecular complexity index is 484. The van der Waals surface area contributed by atoms with E-state index in [4.69, 9.17) is 4.74 Å². The molecule has 1 unspecified atom stereocenters. The van der Waals surface area contributed by atoms with Crippen molar-refractivity contribution in [2.24, 2.45) is 0 Å². The van der Waals surface area contributed by atoms with Crippen LogP contribution in [0.4, 0.5) is 18.0 Å². The molecule has 0 saturated heterocycles. The van der Waals surface area contributed by atoms with Crippen LogP contribution in [0, 0.1) is 0 Å². The number of amides is 1. The molecule has 21 heavy (non-hydrogen) atoms. The van der Waals surface area contributed by atoms with Crippen molar-refractivity contribution < 1.29 is 22.7 Å². The maximum atomic E-state index is 12.4. The van der Waals surface area contributed by atoms with Crippen LogP contribution in [-0.2, 0) is 10.9 Å². The second-order valence-corrected chi connectivity index (χ2v) is 6.65. The highest BCUT2D eigenvalue weighted by Gasteiger charge is 2.30. The molecule has 1 aromatic heterocycles. The number of carbonyl (C=O) groups excluding carboxylic acids is 1. The van der Waals surface area contributed by atoms with Gasteiger partial charge in [-0.05, 0) is 39.8 Å². The number of alkyl carbamates (subject to hydrolysis) is 1. The van der Waals surface area contributed by atoms with Crippen molar-refractivity contribution in [3.63, 3.8) is 0 Å². The van der Waals surface area contributed by atoms with Gasteiger partial charge in [0.25, 0.3) is 0 Å². The fourth-order valence-electron chi connectivity index (χ4n) is 1.30. The third kappa shape index (κ3) is 6.70. The first-order valence-corrected chi connectivity index (χ1v) is 7.05. The van der Waals surface area contributed by atoms with Crippen LogP contribution in [0.3, 0.4) is 0 Å². The highest BCUT2D eigenvalue weighted by atomic mass is 32.2. The van der Waals surface area contributed by atoms with Crippen molar-refractivity contribution >= 4 is 17.9 Å². The van der Waals surface area contributed by atoms with Crippen LogP contribution in [0.2, 0.25) is 0 Å². The minimum absolute atomic E-state index is 0.381. The van der Waals surface area contributed by atoms with Gasteiger partial charge in [0.2, 0.25) is 0 Å². The molecule has 4 nitrogen and oxygen atoms in total. The van der Waals surface area contributed by atoms with Gasteiger partial charge in [-0.25, -0.2) is 9.78 Å². The molecule has 1 rings (SSSR count). The van der Waals surface area contributed by atoms with Gasteiger partial charge in [0, 0.05) is 6.20 Å². The van der Waals surface area contributed by atoms with Crippen molar-refractivity contribution in [3.8, 4) is 0 Å². The SMILES string of the molecule is CC(NC(=O)OC(C)(C)C)Sc1ccc(C(F)(F)F)cn1. The smallest absolute Gasteiger partial charge is 0.417 e. The summed E-state index contributed by atoms with van der Waals surface area (Å²) >= 11 is 1.13. The van der Waals surface area contributed by atoms with E-state index in [0.717, 1.165) is 24.0 Å². The van der Waals surface area contributed by atoms with Gasteiger partial charge in [-0.2, -0.15) is 13.2 Å². The van der Waals surface area contributed by atoms with Crippen LogP contribution in [-0.4, -0.2) is 22.1 Å². The molecule has 1 aromatic rings. The maximum absolute atomic E-state index is 12.4. The van der Waals surface area contributed by atoms with Gasteiger partial charge < -0.3 is 10.1 Å². The zero-order valence-corrected chi connectivity index (χ0v) is 12.9. The predicted molar refractivity (Wildman–Crippen MR) is 73.9 cm³/mol. The lowest BCUT2D eigenvalue weighted by molar-refractivity contribution is -0.137. The van der Waals surface area contributed by atoms with Crippen molar-refractivity contribution in [2.75, 3.05) is 0 Å². The molecule has 0 spiro atoms. The number of carbonyl (C=O) groups is 1. The van der Waals surface area contributed by atoms with Crippen LogP contribution in [0.25, 0.3) is 0 Å². The van der Waals surface area contributed by atoms with Gasteiger partial charge in [0.05, 0.1) is 16.0 Å². The van der Waals surface area contributed by atoms with Gasteiger partial charge >= 0.3 is 12.3 Å². The van der Waals surface area contributed by atoms with Gasteiger partial charge in [-0.3, -0.25) is 0 Å². The van der Waals surface area contributed by atoms with E-state index in [2.05, 4.69) is 10.3 Å². The third-order valence-electron chi connectivity index (χ3n) is 2.08. The molecule has 0 aliphatic heterocycles. The van der Waals surface area contributed by atoms with Gasteiger partial charge in [0.1, 0.15) is 5.60 Å². The molecule has 0 radical (unpaired) electrons. The quantitative estimate of drug-likeness (QED) is 0.673. The fourth-order valence-corrected chi connectivity index (χ4v) is 2.08. The number of rotatable bonds is 3. The number of nitrogens with one attached hydrogen (secondary N) is 1. The number of alkyl halides is 3. The summed E-state index contributed by atoms with van der Waals surface area (Å²) in [4.78, 5) is 15.2. The van der Waals surface area contributed by atoms with E-state index >= 15 is 0 Å². The number of pyridine rings is 1. The Balaban J connectivity index is 2.55. The number of halogens is 3. The normalized spacial score (nSPS) is 13.7. The molecule has 0 bridgehead atoms. The number of hydrogen-bond donors (Lipinski definition) is 1. The first kappa shape index (κ1) is 17.6. The summed E-state index contributed by atoms with van der Waals surface area (Å²) in [6.45, 7) is 6.90. The molecule has 1 amide bonds. The second kappa shape index (κ2) is 6.55. The minimum Gasteiger partial charge on any atom is -0.444 e. The van der Waals surface area contributed by atoms with E-state index < -0.39 is 23.4 Å². The van der Waals surface area contributed by atoms with Crippen molar-refractivity contribution in [2.45, 2.75) is 49.9 Å². The molecule has 0 aliphatic carbocycles. The summed E-state index contributed by atoms with van der Waals surface area (Å²) in [5, 5.41) is 2.57. The highest BCUT2D eigenvalue weighted by Crippen LogP contribution is 2.30. The Labute approximate surface area is 125 Å². The van der Waals surface area contributed by atoms with E-state index in [9.17, 15) is 18.0 Å². The lowest BCUT2D eigenvalue weighted by Gasteiger charge is -2.21. The van der Waals surface area contributed by atoms with Crippen LogP contribution in [0.15, 0.2) is 23.4 Å². The molecule has 1 heterocycles. The molecule has 1 atom stereocenters. The van der Waals surface area contributed by atoms with E-state index in [0.29, 0.717) is 5.03 Å². The van der Waals surface area contributed by atoms with Crippen molar-refractivity contribution in [1.82, 2.24) is 10.3 Å². The first-order valence-electron chi connectivity index (χ1n) is 6.17. The summed E-state index contributed by atoms with van der Waals surface area (Å²) in [7, 11) is 0. The molecule has 118 valence electrons. The molecule has 1 N–H and O–H groups in total. The van der Waals surface area contributed by atoms with Crippen LogP contribution >= 0.6 is 11.8 Å². The van der Waals surface area contributed by atoms with Gasteiger partial charge in [0.15, 0.2) is 0 Å². The monoisotopic (exact) mass is 322 g/mol. The lowest BCUT2D eigenvalue weighted by Crippen LogP contribution is -2.36. The second-order valence-electron chi connectivity index (χ2n) is 5.29. The Morgan fingerprint density at radius 1 is 1.33 bits per heavy atom. The Morgan fingerprint density at radius 2 is 1.95 bits per heavy atom. The highest BCUT2D eigenvalue weighted by molar-refractivity contribution is 7.99. The fraction of sp³-hybridized carbons (Fsp3) is 0.538. The minimum atomic E-state index is -4.41.